The highest BCUT2D eigenvalue weighted by atomic mass is 31.0. The van der Waals surface area contributed by atoms with Crippen molar-refractivity contribution in [3.05, 3.63) is 218 Å². The molecule has 0 saturated carbocycles. The van der Waals surface area contributed by atoms with Crippen LogP contribution in [0.1, 0.15) is 59.6 Å². The number of hydrogen-bond acceptors (Lipinski definition) is 4. The molecule has 8 aromatic carbocycles. The van der Waals surface area contributed by atoms with E-state index in [0.29, 0.717) is 0 Å². The average molecular weight is 1010 g/mol. The van der Waals surface area contributed by atoms with E-state index in [1.54, 1.807) is 0 Å². The molecule has 3 atom stereocenters. The summed E-state index contributed by atoms with van der Waals surface area (Å²) in [5.41, 5.74) is 16.8. The van der Waals surface area contributed by atoms with E-state index in [4.69, 9.17) is 14.3 Å². The minimum absolute atomic E-state index is 0.150. The van der Waals surface area contributed by atoms with Crippen LogP contribution >= 0.6 is 18.5 Å². The van der Waals surface area contributed by atoms with Crippen molar-refractivity contribution in [2.24, 2.45) is 0 Å². The van der Waals surface area contributed by atoms with Gasteiger partial charge in [-0.25, -0.2) is 0 Å². The molecule has 0 saturated heterocycles. The minimum atomic E-state index is -0.590. The number of fused-ring (bicyclic) bond motifs is 2. The first kappa shape index (κ1) is 52.0. The predicted molar refractivity (Wildman–Crippen MR) is 328 cm³/mol. The van der Waals surface area contributed by atoms with Crippen LogP contribution in [0.5, 0.6) is 0 Å². The fourth-order valence-electron chi connectivity index (χ4n) is 9.52. The van der Waals surface area contributed by atoms with E-state index in [0.717, 1.165) is 78.5 Å². The van der Waals surface area contributed by atoms with Crippen molar-refractivity contribution in [2.45, 2.75) is 83.3 Å². The van der Waals surface area contributed by atoms with E-state index >= 15 is 0 Å². The molecule has 0 aliphatic rings. The van der Waals surface area contributed by atoms with Crippen molar-refractivity contribution in [2.75, 3.05) is 0 Å². The summed E-state index contributed by atoms with van der Waals surface area (Å²) in [6.45, 7) is 17.4. The molecular formula is C67H64B2N2O2P2. The highest BCUT2D eigenvalue weighted by Crippen LogP contribution is 2.40. The predicted octanol–water partition coefficient (Wildman–Crippen LogP) is 15.7. The van der Waals surface area contributed by atoms with Crippen LogP contribution in [0.25, 0.3) is 88.3 Å². The smallest absolute Gasteiger partial charge is 0.330 e. The van der Waals surface area contributed by atoms with Crippen LogP contribution in [0, 0.1) is 6.92 Å². The van der Waals surface area contributed by atoms with Crippen LogP contribution in [-0.2, 0) is 15.7 Å². The van der Waals surface area contributed by atoms with Crippen molar-refractivity contribution >= 4 is 65.9 Å². The third-order valence-corrected chi connectivity index (χ3v) is 17.0. The average Bonchev–Trinajstić information content (AvgIpc) is 3.42. The Balaban J connectivity index is 0.916. The summed E-state index contributed by atoms with van der Waals surface area (Å²) in [5, 5.41) is 4.39. The van der Waals surface area contributed by atoms with Crippen LogP contribution in [0.4, 0.5) is 0 Å². The van der Waals surface area contributed by atoms with Crippen LogP contribution in [0.3, 0.4) is 0 Å². The largest absolute Gasteiger partial charge is 0.429 e. The second kappa shape index (κ2) is 21.3. The topological polar surface area (TPSA) is 44.2 Å². The Morgan fingerprint density at radius 3 is 1.48 bits per heavy atom. The Kier molecular flexibility index (Phi) is 14.7. The number of pyridine rings is 2. The molecule has 10 aromatic rings. The number of rotatable bonds is 16. The molecule has 4 nitrogen and oxygen atoms in total. The van der Waals surface area contributed by atoms with Gasteiger partial charge in [0.05, 0.1) is 11.2 Å². The Morgan fingerprint density at radius 2 is 0.880 bits per heavy atom. The van der Waals surface area contributed by atoms with Crippen LogP contribution in [-0.4, -0.2) is 46.4 Å². The first-order chi connectivity index (χ1) is 35.9. The summed E-state index contributed by atoms with van der Waals surface area (Å²) in [6, 6.07) is 65.8. The van der Waals surface area contributed by atoms with Crippen LogP contribution < -0.4 is 10.9 Å². The summed E-state index contributed by atoms with van der Waals surface area (Å²) >= 11 is 0. The molecule has 0 aliphatic carbocycles. The van der Waals surface area contributed by atoms with Crippen molar-refractivity contribution in [1.82, 2.24) is 9.97 Å². The highest BCUT2D eigenvalue weighted by molar-refractivity contribution is 7.19. The lowest BCUT2D eigenvalue weighted by atomic mass is 9.79. The van der Waals surface area contributed by atoms with E-state index in [2.05, 4.69) is 255 Å². The summed E-state index contributed by atoms with van der Waals surface area (Å²) in [6.07, 6.45) is 8.40. The SMILES string of the molecule is Cc1cc2ccccc2cc1-c1cc([B]OC(C)(C)C(C)(P)Cc2cncc(-c3cccc(-c4cc([B]OC(C)(C)C(C)(C)P)cc(-c5cccc(-c6cccnc6)c5)c4)c3)c2)cc(-c2ccc3ccccc3c2)c1. The molecule has 2 heterocycles. The zero-order chi connectivity index (χ0) is 52.5. The van der Waals surface area contributed by atoms with E-state index in [1.807, 2.05) is 45.8 Å². The highest BCUT2D eigenvalue weighted by Gasteiger charge is 2.38. The summed E-state index contributed by atoms with van der Waals surface area (Å²) in [7, 11) is 9.95. The van der Waals surface area contributed by atoms with Crippen LogP contribution in [0.15, 0.2) is 207 Å². The third-order valence-electron chi connectivity index (χ3n) is 15.4. The van der Waals surface area contributed by atoms with Gasteiger partial charge in [-0.3, -0.25) is 9.97 Å². The van der Waals surface area contributed by atoms with Crippen molar-refractivity contribution in [1.29, 1.82) is 0 Å². The molecule has 370 valence electrons. The van der Waals surface area contributed by atoms with Crippen molar-refractivity contribution in [3.63, 3.8) is 0 Å². The molecule has 8 heteroatoms. The van der Waals surface area contributed by atoms with Crippen LogP contribution in [0.2, 0.25) is 0 Å². The summed E-state index contributed by atoms with van der Waals surface area (Å²) in [5.74, 6) is 0. The van der Waals surface area contributed by atoms with Gasteiger partial charge in [-0.15, -0.1) is 18.5 Å². The standard InChI is InChI=1S/C67H64B2N2O2P2/c1-44-28-47-17-11-12-19-53(47)39-63(44)59-34-58(54-26-25-46-16-9-10-18-48(46)30-54)37-62(38-59)69-73-65(4,5)67(8,75)40-45-29-60(43-71-41-45)52-23-14-22-51(32-52)57-33-56(35-61(36-57)68-72-64(2,3)66(6,7)74)50-21-13-20-49(31-50)55-24-15-27-70-42-55/h9-39,41-43H,40,74-75H2,1-8H3. The quantitative estimate of drug-likeness (QED) is 0.0715. The normalized spacial score (nSPS) is 12.9. The fraction of sp³-hybridized carbons (Fsp3) is 0.194. The lowest BCUT2D eigenvalue weighted by Gasteiger charge is -2.42. The van der Waals surface area contributed by atoms with Gasteiger partial charge in [-0.2, -0.15) is 0 Å². The molecule has 0 bridgehead atoms. The molecule has 0 aliphatic heterocycles. The Morgan fingerprint density at radius 1 is 0.400 bits per heavy atom. The lowest BCUT2D eigenvalue weighted by molar-refractivity contribution is 0.0765. The second-order valence-corrected chi connectivity index (χ2v) is 24.8. The lowest BCUT2D eigenvalue weighted by Crippen LogP contribution is -2.48. The molecule has 0 spiro atoms. The van der Waals surface area contributed by atoms with Gasteiger partial charge in [0.1, 0.15) is 0 Å². The molecule has 3 unspecified atom stereocenters. The molecular weight excluding hydrogens is 948 g/mol. The van der Waals surface area contributed by atoms with Gasteiger partial charge in [0.25, 0.3) is 0 Å². The number of aryl methyl sites for hydroxylation is 1. The molecule has 2 radical (unpaired) electrons. The molecule has 2 aromatic heterocycles. The number of benzene rings is 8. The van der Waals surface area contributed by atoms with E-state index in [-0.39, 0.29) is 10.3 Å². The third kappa shape index (κ3) is 11.7. The van der Waals surface area contributed by atoms with Gasteiger partial charge in [-0.1, -0.05) is 165 Å². The summed E-state index contributed by atoms with van der Waals surface area (Å²) < 4.78 is 13.5. The molecule has 0 amide bonds. The maximum atomic E-state index is 6.94. The summed E-state index contributed by atoms with van der Waals surface area (Å²) in [4.78, 5) is 9.21. The monoisotopic (exact) mass is 1010 g/mol. The zero-order valence-corrected chi connectivity index (χ0v) is 46.7. The van der Waals surface area contributed by atoms with E-state index in [1.165, 1.54) is 38.2 Å². The molecule has 0 fully saturated rings. The Bertz CT molecular complexity index is 3700. The van der Waals surface area contributed by atoms with Gasteiger partial charge in [0.15, 0.2) is 0 Å². The first-order valence-corrected chi connectivity index (χ1v) is 27.0. The van der Waals surface area contributed by atoms with Crippen molar-refractivity contribution < 1.29 is 9.31 Å². The molecule has 0 N–H and O–H groups in total. The van der Waals surface area contributed by atoms with Crippen molar-refractivity contribution in [3.8, 4) is 66.8 Å². The van der Waals surface area contributed by atoms with E-state index in [9.17, 15) is 0 Å². The minimum Gasteiger partial charge on any atom is -0.429 e. The van der Waals surface area contributed by atoms with Gasteiger partial charge in [-0.05, 0) is 178 Å². The maximum Gasteiger partial charge on any atom is 0.330 e. The van der Waals surface area contributed by atoms with E-state index < -0.39 is 11.2 Å². The Labute approximate surface area is 450 Å². The first-order valence-electron chi connectivity index (χ1n) is 25.8. The number of nitrogens with zero attached hydrogens (tertiary/aromatic N) is 2. The van der Waals surface area contributed by atoms with Gasteiger partial charge < -0.3 is 9.31 Å². The molecule has 10 rings (SSSR count). The number of hydrogen-bond donors (Lipinski definition) is 0. The maximum absolute atomic E-state index is 6.94. The van der Waals surface area contributed by atoms with Gasteiger partial charge in [0.2, 0.25) is 0 Å². The fourth-order valence-corrected chi connectivity index (χ4v) is 9.89. The zero-order valence-electron chi connectivity index (χ0n) is 44.4. The molecule has 75 heavy (non-hydrogen) atoms. The Hall–Kier alpha value is -6.51. The number of aromatic nitrogens is 2. The second-order valence-electron chi connectivity index (χ2n) is 22.1. The van der Waals surface area contributed by atoms with Gasteiger partial charge in [0, 0.05) is 46.2 Å². The van der Waals surface area contributed by atoms with Gasteiger partial charge >= 0.3 is 15.0 Å².